The number of pyridine rings is 2. The van der Waals surface area contributed by atoms with Crippen molar-refractivity contribution in [1.29, 1.82) is 0 Å². The summed E-state index contributed by atoms with van der Waals surface area (Å²) in [4.78, 5) is 20.7. The number of nitro groups is 2. The predicted octanol–water partition coefficient (Wildman–Crippen LogP) is 5.90. The summed E-state index contributed by atoms with van der Waals surface area (Å²) in [6, 6.07) is 21.2. The van der Waals surface area contributed by atoms with Crippen LogP contribution in [0.3, 0.4) is 0 Å². The predicted molar refractivity (Wildman–Crippen MR) is 147 cm³/mol. The minimum Gasteiger partial charge on any atom is -0.258 e. The van der Waals surface area contributed by atoms with Crippen LogP contribution in [0.5, 0.6) is 0 Å². The molecular formula is C30H28N4O4+2. The smallest absolute Gasteiger partial charge is 0.258 e. The minimum absolute atomic E-state index is 0.0901. The lowest BCUT2D eigenvalue weighted by Crippen LogP contribution is -2.35. The Morgan fingerprint density at radius 3 is 1.08 bits per heavy atom. The molecule has 0 radical (unpaired) electrons. The average molecular weight is 509 g/mol. The van der Waals surface area contributed by atoms with E-state index in [0.29, 0.717) is 0 Å². The first kappa shape index (κ1) is 26.1. The number of nitro benzene ring substituents is 2. The number of non-ortho nitro benzene ring substituents is 2. The van der Waals surface area contributed by atoms with E-state index in [0.717, 1.165) is 48.2 Å². The second-order valence-electron chi connectivity index (χ2n) is 8.81. The molecule has 0 saturated carbocycles. The monoisotopic (exact) mass is 508 g/mol. The highest BCUT2D eigenvalue weighted by Crippen LogP contribution is 2.15. The van der Waals surface area contributed by atoms with E-state index in [1.165, 1.54) is 24.3 Å². The highest BCUT2D eigenvalue weighted by Gasteiger charge is 2.05. The zero-order chi connectivity index (χ0) is 26.7. The molecule has 0 amide bonds. The number of unbranched alkanes of at least 4 members (excludes halogenated alkanes) is 1. The highest BCUT2D eigenvalue weighted by atomic mass is 16.6. The number of benzene rings is 2. The van der Waals surface area contributed by atoms with Crippen LogP contribution in [0.15, 0.2) is 97.6 Å². The molecular weight excluding hydrogens is 480 g/mol. The summed E-state index contributed by atoms with van der Waals surface area (Å²) in [7, 11) is 0. The van der Waals surface area contributed by atoms with E-state index in [4.69, 9.17) is 0 Å². The van der Waals surface area contributed by atoms with E-state index in [1.54, 1.807) is 24.3 Å². The van der Waals surface area contributed by atoms with Gasteiger partial charge in [-0.1, -0.05) is 24.3 Å². The standard InChI is InChI=1S/C30H28N4O4/c35-33(36)29-11-7-25(8-12-29)3-5-27-15-21-31(22-16-27)19-1-2-20-32-23-17-28(18-24-32)6-4-26-9-13-30(14-10-26)34(37)38/h3-18,21-24H,1-2,19-20H2/q+2/b5-3+,6-4+. The Balaban J connectivity index is 1.19. The van der Waals surface area contributed by atoms with Crippen LogP contribution in [-0.4, -0.2) is 9.85 Å². The molecule has 8 nitrogen and oxygen atoms in total. The van der Waals surface area contributed by atoms with E-state index < -0.39 is 9.85 Å². The lowest BCUT2D eigenvalue weighted by Gasteiger charge is -1.99. The molecule has 4 rings (SSSR count). The zero-order valence-corrected chi connectivity index (χ0v) is 20.8. The molecule has 190 valence electrons. The number of nitrogens with zero attached hydrogens (tertiary/aromatic N) is 4. The van der Waals surface area contributed by atoms with Crippen LogP contribution in [0.1, 0.15) is 35.1 Å². The van der Waals surface area contributed by atoms with E-state index in [2.05, 4.69) is 58.2 Å². The van der Waals surface area contributed by atoms with Gasteiger partial charge in [-0.3, -0.25) is 20.2 Å². The normalized spacial score (nSPS) is 11.3. The molecule has 8 heteroatoms. The van der Waals surface area contributed by atoms with Crippen LogP contribution in [-0.2, 0) is 13.1 Å². The summed E-state index contributed by atoms with van der Waals surface area (Å²) in [5, 5.41) is 21.5. The second kappa shape index (κ2) is 12.8. The minimum atomic E-state index is -0.398. The Bertz CT molecular complexity index is 1320. The molecule has 0 bridgehead atoms. The van der Waals surface area contributed by atoms with Gasteiger partial charge in [-0.15, -0.1) is 0 Å². The third-order valence-corrected chi connectivity index (χ3v) is 6.06. The molecule has 0 N–H and O–H groups in total. The van der Waals surface area contributed by atoms with Gasteiger partial charge in [-0.05, 0) is 46.5 Å². The number of aryl methyl sites for hydroxylation is 2. The van der Waals surface area contributed by atoms with Gasteiger partial charge in [0.2, 0.25) is 0 Å². The van der Waals surface area contributed by atoms with E-state index in [9.17, 15) is 20.2 Å². The van der Waals surface area contributed by atoms with Crippen LogP contribution in [0.2, 0.25) is 0 Å². The van der Waals surface area contributed by atoms with Crippen LogP contribution in [0.4, 0.5) is 11.4 Å². The first-order valence-corrected chi connectivity index (χ1v) is 12.3. The molecule has 0 unspecified atom stereocenters. The van der Waals surface area contributed by atoms with Crippen molar-refractivity contribution in [2.75, 3.05) is 0 Å². The van der Waals surface area contributed by atoms with Gasteiger partial charge < -0.3 is 0 Å². The van der Waals surface area contributed by atoms with Crippen LogP contribution in [0, 0.1) is 20.2 Å². The van der Waals surface area contributed by atoms with Crippen LogP contribution in [0.25, 0.3) is 24.3 Å². The Morgan fingerprint density at radius 1 is 0.500 bits per heavy atom. The maximum absolute atomic E-state index is 10.8. The lowest BCUT2D eigenvalue weighted by atomic mass is 10.1. The third kappa shape index (κ3) is 7.76. The number of aromatic nitrogens is 2. The van der Waals surface area contributed by atoms with Crippen LogP contribution < -0.4 is 9.13 Å². The summed E-state index contributed by atoms with van der Waals surface area (Å²) in [5.74, 6) is 0. The third-order valence-electron chi connectivity index (χ3n) is 6.06. The van der Waals surface area contributed by atoms with Gasteiger partial charge in [0.1, 0.15) is 13.1 Å². The summed E-state index contributed by atoms with van der Waals surface area (Å²) in [5.41, 5.74) is 4.15. The van der Waals surface area contributed by atoms with E-state index >= 15 is 0 Å². The zero-order valence-electron chi connectivity index (χ0n) is 20.8. The largest absolute Gasteiger partial charge is 0.269 e. The topological polar surface area (TPSA) is 94.0 Å². The molecule has 0 saturated heterocycles. The van der Waals surface area contributed by atoms with Gasteiger partial charge in [0, 0.05) is 61.4 Å². The molecule has 2 aromatic heterocycles. The molecule has 0 fully saturated rings. The fourth-order valence-corrected chi connectivity index (χ4v) is 3.85. The van der Waals surface area contributed by atoms with Gasteiger partial charge in [0.25, 0.3) is 11.4 Å². The molecule has 2 heterocycles. The lowest BCUT2D eigenvalue weighted by molar-refractivity contribution is -0.708. The Morgan fingerprint density at radius 2 is 0.789 bits per heavy atom. The Hall–Kier alpha value is -4.98. The Kier molecular flexibility index (Phi) is 8.80. The van der Waals surface area contributed by atoms with Crippen molar-refractivity contribution >= 4 is 35.7 Å². The van der Waals surface area contributed by atoms with Crippen molar-refractivity contribution in [2.24, 2.45) is 0 Å². The van der Waals surface area contributed by atoms with E-state index in [-0.39, 0.29) is 11.4 Å². The van der Waals surface area contributed by atoms with Crippen LogP contribution >= 0.6 is 0 Å². The van der Waals surface area contributed by atoms with E-state index in [1.807, 2.05) is 24.3 Å². The molecule has 38 heavy (non-hydrogen) atoms. The first-order valence-electron chi connectivity index (χ1n) is 12.3. The van der Waals surface area contributed by atoms with Gasteiger partial charge >= 0.3 is 0 Å². The number of hydrogen-bond donors (Lipinski definition) is 0. The van der Waals surface area contributed by atoms with Crippen molar-refractivity contribution in [3.05, 3.63) is 140 Å². The van der Waals surface area contributed by atoms with Gasteiger partial charge in [-0.25, -0.2) is 9.13 Å². The van der Waals surface area contributed by atoms with Crippen molar-refractivity contribution < 1.29 is 19.0 Å². The Labute approximate surface area is 220 Å². The van der Waals surface area contributed by atoms with Crippen molar-refractivity contribution in [2.45, 2.75) is 25.9 Å². The summed E-state index contributed by atoms with van der Waals surface area (Å²) >= 11 is 0. The summed E-state index contributed by atoms with van der Waals surface area (Å²) < 4.78 is 4.33. The average Bonchev–Trinajstić information content (AvgIpc) is 2.95. The van der Waals surface area contributed by atoms with Crippen molar-refractivity contribution in [3.63, 3.8) is 0 Å². The molecule has 2 aromatic carbocycles. The summed E-state index contributed by atoms with van der Waals surface area (Å²) in [6.07, 6.45) is 18.2. The number of hydrogen-bond acceptors (Lipinski definition) is 4. The van der Waals surface area contributed by atoms with Gasteiger partial charge in [0.05, 0.1) is 9.85 Å². The van der Waals surface area contributed by atoms with Gasteiger partial charge in [0.15, 0.2) is 24.8 Å². The van der Waals surface area contributed by atoms with Gasteiger partial charge in [-0.2, -0.15) is 0 Å². The molecule has 0 aliphatic heterocycles. The maximum Gasteiger partial charge on any atom is 0.269 e. The molecule has 0 atom stereocenters. The second-order valence-corrected chi connectivity index (χ2v) is 8.81. The fraction of sp³-hybridized carbons (Fsp3) is 0.133. The van der Waals surface area contributed by atoms with Crippen molar-refractivity contribution in [1.82, 2.24) is 0 Å². The first-order chi connectivity index (χ1) is 18.5. The highest BCUT2D eigenvalue weighted by molar-refractivity contribution is 5.70. The summed E-state index contributed by atoms with van der Waals surface area (Å²) in [6.45, 7) is 1.87. The molecule has 4 aromatic rings. The maximum atomic E-state index is 10.8. The molecule has 0 aliphatic carbocycles. The SMILES string of the molecule is O=[N+]([O-])c1ccc(/C=C/c2cc[n+](CCCC[n+]3ccc(/C=C/c4ccc([N+](=O)[O-])cc4)cc3)cc2)cc1. The molecule has 0 spiro atoms. The number of rotatable bonds is 11. The fourth-order valence-electron chi connectivity index (χ4n) is 3.85. The van der Waals surface area contributed by atoms with Crippen molar-refractivity contribution in [3.8, 4) is 0 Å². The molecule has 0 aliphatic rings. The quantitative estimate of drug-likeness (QED) is 0.109.